The van der Waals surface area contributed by atoms with Crippen molar-refractivity contribution in [1.29, 1.82) is 0 Å². The van der Waals surface area contributed by atoms with Crippen molar-refractivity contribution in [3.05, 3.63) is 35.7 Å². The van der Waals surface area contributed by atoms with Gasteiger partial charge in [0.25, 0.3) is 0 Å². The van der Waals surface area contributed by atoms with Crippen LogP contribution in [0, 0.1) is 0 Å². The van der Waals surface area contributed by atoms with Gasteiger partial charge in [-0.15, -0.1) is 5.10 Å². The third-order valence-corrected chi connectivity index (χ3v) is 4.06. The highest BCUT2D eigenvalue weighted by Crippen LogP contribution is 2.22. The third kappa shape index (κ3) is 3.19. The predicted octanol–water partition coefficient (Wildman–Crippen LogP) is 2.10. The molecule has 1 aliphatic rings. The van der Waals surface area contributed by atoms with Crippen LogP contribution < -0.4 is 4.90 Å². The molecular weight excluding hydrogens is 296 g/mol. The van der Waals surface area contributed by atoms with Crippen LogP contribution in [0.1, 0.15) is 35.4 Å². The average Bonchev–Trinajstić information content (AvgIpc) is 3.00. The van der Waals surface area contributed by atoms with Gasteiger partial charge in [0.15, 0.2) is 5.69 Å². The fourth-order valence-corrected chi connectivity index (χ4v) is 2.90. The third-order valence-electron chi connectivity index (χ3n) is 4.06. The molecule has 0 radical (unpaired) electrons. The second-order valence-corrected chi connectivity index (χ2v) is 5.60. The number of ether oxygens (including phenoxy) is 1. The molecule has 1 aromatic heterocycles. The number of carbonyl (C=O) groups is 1. The highest BCUT2D eigenvalue weighted by molar-refractivity contribution is 5.86. The van der Waals surface area contributed by atoms with Crippen molar-refractivity contribution in [2.45, 2.75) is 25.9 Å². The van der Waals surface area contributed by atoms with Gasteiger partial charge in [0.2, 0.25) is 0 Å². The number of carboxylic acids is 1. The van der Waals surface area contributed by atoms with E-state index in [9.17, 15) is 9.90 Å². The van der Waals surface area contributed by atoms with Crippen LogP contribution >= 0.6 is 0 Å². The van der Waals surface area contributed by atoms with E-state index >= 15 is 0 Å². The SMILES string of the molecule is COCc1c(C(=O)O)nnn1-c1ccc(N2CCCCC2)cc1. The zero-order valence-electron chi connectivity index (χ0n) is 13.1. The number of aromatic nitrogens is 3. The number of anilines is 1. The number of benzene rings is 1. The molecule has 7 nitrogen and oxygen atoms in total. The Balaban J connectivity index is 1.88. The number of hydrogen-bond donors (Lipinski definition) is 1. The van der Waals surface area contributed by atoms with Gasteiger partial charge in [0.05, 0.1) is 12.3 Å². The lowest BCUT2D eigenvalue weighted by Crippen LogP contribution is -2.29. The van der Waals surface area contributed by atoms with E-state index in [4.69, 9.17) is 4.74 Å². The van der Waals surface area contributed by atoms with Gasteiger partial charge in [-0.1, -0.05) is 5.21 Å². The molecule has 0 spiro atoms. The van der Waals surface area contributed by atoms with Gasteiger partial charge in [0, 0.05) is 25.9 Å². The minimum Gasteiger partial charge on any atom is -0.476 e. The molecule has 0 unspecified atom stereocenters. The molecule has 0 amide bonds. The summed E-state index contributed by atoms with van der Waals surface area (Å²) in [6, 6.07) is 7.95. The van der Waals surface area contributed by atoms with Crippen LogP contribution in [0.25, 0.3) is 5.69 Å². The summed E-state index contributed by atoms with van der Waals surface area (Å²) in [4.78, 5) is 13.6. The topological polar surface area (TPSA) is 80.5 Å². The van der Waals surface area contributed by atoms with Crippen molar-refractivity contribution in [2.75, 3.05) is 25.1 Å². The first-order chi connectivity index (χ1) is 11.2. The summed E-state index contributed by atoms with van der Waals surface area (Å²) in [6.45, 7) is 2.31. The number of methoxy groups -OCH3 is 1. The van der Waals surface area contributed by atoms with Crippen molar-refractivity contribution in [2.24, 2.45) is 0 Å². The molecule has 0 bridgehead atoms. The first-order valence-electron chi connectivity index (χ1n) is 7.73. The molecule has 0 atom stereocenters. The molecule has 3 rings (SSSR count). The summed E-state index contributed by atoms with van der Waals surface area (Å²) in [6.07, 6.45) is 3.75. The Morgan fingerprint density at radius 1 is 1.17 bits per heavy atom. The fourth-order valence-electron chi connectivity index (χ4n) is 2.90. The van der Waals surface area contributed by atoms with Crippen LogP contribution in [-0.2, 0) is 11.3 Å². The molecule has 2 aromatic rings. The molecule has 0 aliphatic carbocycles. The Hall–Kier alpha value is -2.41. The molecule has 1 fully saturated rings. The number of rotatable bonds is 5. The van der Waals surface area contributed by atoms with E-state index in [0.29, 0.717) is 5.69 Å². The highest BCUT2D eigenvalue weighted by Gasteiger charge is 2.20. The molecule has 23 heavy (non-hydrogen) atoms. The maximum absolute atomic E-state index is 11.2. The predicted molar refractivity (Wildman–Crippen MR) is 85.1 cm³/mol. The molecule has 0 saturated carbocycles. The normalized spacial score (nSPS) is 14.9. The molecular formula is C16H20N4O3. The highest BCUT2D eigenvalue weighted by atomic mass is 16.5. The van der Waals surface area contributed by atoms with Crippen molar-refractivity contribution >= 4 is 11.7 Å². The van der Waals surface area contributed by atoms with Crippen LogP contribution in [0.15, 0.2) is 24.3 Å². The smallest absolute Gasteiger partial charge is 0.358 e. The molecule has 1 saturated heterocycles. The van der Waals surface area contributed by atoms with Gasteiger partial charge in [0.1, 0.15) is 5.69 Å². The van der Waals surface area contributed by atoms with Crippen LogP contribution in [0.4, 0.5) is 5.69 Å². The van der Waals surface area contributed by atoms with Crippen molar-refractivity contribution < 1.29 is 14.6 Å². The average molecular weight is 316 g/mol. The number of piperidine rings is 1. The monoisotopic (exact) mass is 316 g/mol. The Morgan fingerprint density at radius 2 is 1.83 bits per heavy atom. The van der Waals surface area contributed by atoms with Gasteiger partial charge in [-0.05, 0) is 43.5 Å². The lowest BCUT2D eigenvalue weighted by Gasteiger charge is -2.28. The molecule has 2 heterocycles. The van der Waals surface area contributed by atoms with Crippen LogP contribution in [0.5, 0.6) is 0 Å². The van der Waals surface area contributed by atoms with E-state index in [-0.39, 0.29) is 12.3 Å². The first kappa shape index (κ1) is 15.5. The standard InChI is InChI=1S/C16H20N4O3/c1-23-11-14-15(16(21)22)17-18-20(14)13-7-5-12(6-8-13)19-9-3-2-4-10-19/h5-8H,2-4,9-11H2,1H3,(H,21,22). The van der Waals surface area contributed by atoms with Crippen LogP contribution in [-0.4, -0.2) is 46.3 Å². The summed E-state index contributed by atoms with van der Waals surface area (Å²) < 4.78 is 6.61. The van der Waals surface area contributed by atoms with Gasteiger partial charge < -0.3 is 14.7 Å². The van der Waals surface area contributed by atoms with E-state index < -0.39 is 5.97 Å². The summed E-state index contributed by atoms with van der Waals surface area (Å²) in [5, 5.41) is 16.9. The van der Waals surface area contributed by atoms with E-state index in [2.05, 4.69) is 15.2 Å². The molecule has 1 aromatic carbocycles. The Morgan fingerprint density at radius 3 is 2.43 bits per heavy atom. The minimum atomic E-state index is -1.10. The number of aromatic carboxylic acids is 1. The molecule has 7 heteroatoms. The largest absolute Gasteiger partial charge is 0.476 e. The van der Waals surface area contributed by atoms with Crippen molar-refractivity contribution in [3.63, 3.8) is 0 Å². The lowest BCUT2D eigenvalue weighted by atomic mass is 10.1. The zero-order valence-corrected chi connectivity index (χ0v) is 13.1. The fraction of sp³-hybridized carbons (Fsp3) is 0.438. The summed E-state index contributed by atoms with van der Waals surface area (Å²) in [7, 11) is 1.52. The van der Waals surface area contributed by atoms with Crippen LogP contribution in [0.2, 0.25) is 0 Å². The molecule has 122 valence electrons. The lowest BCUT2D eigenvalue weighted by molar-refractivity contribution is 0.0685. The summed E-state index contributed by atoms with van der Waals surface area (Å²) >= 11 is 0. The zero-order chi connectivity index (χ0) is 16.2. The number of hydrogen-bond acceptors (Lipinski definition) is 5. The summed E-state index contributed by atoms with van der Waals surface area (Å²) in [5.74, 6) is -1.10. The van der Waals surface area contributed by atoms with Gasteiger partial charge in [-0.25, -0.2) is 9.48 Å². The van der Waals surface area contributed by atoms with Gasteiger partial charge >= 0.3 is 5.97 Å². The maximum Gasteiger partial charge on any atom is 0.358 e. The summed E-state index contributed by atoms with van der Waals surface area (Å²) in [5.41, 5.74) is 2.32. The molecule has 1 aliphatic heterocycles. The quantitative estimate of drug-likeness (QED) is 0.910. The van der Waals surface area contributed by atoms with Crippen molar-refractivity contribution in [1.82, 2.24) is 15.0 Å². The van der Waals surface area contributed by atoms with E-state index in [1.54, 1.807) is 0 Å². The van der Waals surface area contributed by atoms with E-state index in [1.807, 2.05) is 24.3 Å². The minimum absolute atomic E-state index is 0.0769. The van der Waals surface area contributed by atoms with Gasteiger partial charge in [-0.3, -0.25) is 0 Å². The van der Waals surface area contributed by atoms with Crippen LogP contribution in [0.3, 0.4) is 0 Å². The Bertz CT molecular complexity index is 675. The first-order valence-corrected chi connectivity index (χ1v) is 7.73. The second kappa shape index (κ2) is 6.78. The number of nitrogens with zero attached hydrogens (tertiary/aromatic N) is 4. The van der Waals surface area contributed by atoms with E-state index in [0.717, 1.165) is 18.8 Å². The number of carboxylic acid groups (broad SMARTS) is 1. The molecule has 1 N–H and O–H groups in total. The van der Waals surface area contributed by atoms with Crippen molar-refractivity contribution in [3.8, 4) is 5.69 Å². The Kier molecular flexibility index (Phi) is 4.57. The maximum atomic E-state index is 11.2. The van der Waals surface area contributed by atoms with Gasteiger partial charge in [-0.2, -0.15) is 0 Å². The second-order valence-electron chi connectivity index (χ2n) is 5.60. The Labute approximate surface area is 134 Å². The van der Waals surface area contributed by atoms with E-state index in [1.165, 1.54) is 36.7 Å².